The van der Waals surface area contributed by atoms with Crippen molar-refractivity contribution in [3.05, 3.63) is 152 Å². The summed E-state index contributed by atoms with van der Waals surface area (Å²) in [5.41, 5.74) is 7.50. The number of nitro groups is 1. The van der Waals surface area contributed by atoms with Crippen molar-refractivity contribution >= 4 is 78.9 Å². The highest BCUT2D eigenvalue weighted by Gasteiger charge is 2.40. The second-order valence-corrected chi connectivity index (χ2v) is 26.4. The van der Waals surface area contributed by atoms with E-state index >= 15 is 0 Å². The number of halogens is 1. The molecule has 3 fully saturated rings. The SMILES string of the molecule is CC1(C)CCC(CN2CCN(c3ccc(C(=O)NS(=O)(=O)c4ccc(NCC5CCN(CCCCCCC#Cc6cccc7c6C(=O)N(C6CCC(=O)NC6=O)C7)CC5)c([N+](=O)[O-])c4)c(Oc4cnc5[nH]ccc5c4)c3)CC2)=C(c2ccc(Cl)cc2)C1. The standard InChI is InChI=1S/C66H73ClN10O9S/c1-66(2)27-23-48(55(39-66)45-13-15-50(67)16-14-45)42-74-32-34-75(35-33-74)51-17-19-54(59(37-51)86-52-36-47-24-28-68-62(47)70-41-52)63(79)72-87(84,85)53-18-20-56(58(38-53)77(82)83)69-40-44-25-30-73(31-26-44)29-8-6-4-3-5-7-10-46-11-9-12-49-43-76(65(81)61(46)49)57-21-22-60(78)71-64(57)80/h9,11-20,24,28,36-38,41,44,57,69H,3-6,8,21-23,25-27,29-35,39-40,42-43H2,1-2H3,(H,68,70)(H,72,79)(H,71,78,80). The topological polar surface area (TPSA) is 233 Å². The van der Waals surface area contributed by atoms with Crippen molar-refractivity contribution in [2.45, 2.75) is 108 Å². The van der Waals surface area contributed by atoms with Gasteiger partial charge in [-0.25, -0.2) is 18.1 Å². The van der Waals surface area contributed by atoms with E-state index in [-0.39, 0.29) is 46.6 Å². The van der Waals surface area contributed by atoms with E-state index in [1.807, 2.05) is 36.4 Å². The third kappa shape index (κ3) is 14.5. The lowest BCUT2D eigenvalue weighted by Crippen LogP contribution is -2.52. The van der Waals surface area contributed by atoms with Crippen LogP contribution in [0, 0.1) is 33.3 Å². The van der Waals surface area contributed by atoms with Gasteiger partial charge in [-0.3, -0.25) is 39.5 Å². The van der Waals surface area contributed by atoms with Gasteiger partial charge in [0.25, 0.3) is 27.5 Å². The van der Waals surface area contributed by atoms with Gasteiger partial charge in [-0.15, -0.1) is 0 Å². The average molecular weight is 1220 g/mol. The number of fused-ring (bicyclic) bond motifs is 2. The number of nitro benzene ring substituents is 1. The molecule has 6 heterocycles. The van der Waals surface area contributed by atoms with E-state index in [9.17, 15) is 37.7 Å². The molecule has 6 aromatic rings. The average Bonchev–Trinajstić information content (AvgIpc) is 2.10. The number of benzene rings is 4. The second-order valence-electron chi connectivity index (χ2n) is 24.3. The Morgan fingerprint density at radius 2 is 1.69 bits per heavy atom. The summed E-state index contributed by atoms with van der Waals surface area (Å²) in [6, 6.07) is 25.4. The molecule has 1 unspecified atom stereocenters. The number of nitrogens with zero attached hydrogens (tertiary/aromatic N) is 6. The quantitative estimate of drug-likeness (QED) is 0.0183. The number of aromatic amines is 1. The van der Waals surface area contributed by atoms with Gasteiger partial charge in [0.1, 0.15) is 28.9 Å². The summed E-state index contributed by atoms with van der Waals surface area (Å²) in [7, 11) is -4.62. The number of hydrogen-bond acceptors (Lipinski definition) is 14. The van der Waals surface area contributed by atoms with Crippen molar-refractivity contribution in [2.75, 3.05) is 69.1 Å². The Bertz CT molecular complexity index is 3820. The van der Waals surface area contributed by atoms with E-state index in [2.05, 4.69) is 77.8 Å². The number of likely N-dealkylation sites (tertiary alicyclic amines) is 1. The maximum absolute atomic E-state index is 14.2. The number of ether oxygens (including phenoxy) is 1. The first-order valence-electron chi connectivity index (χ1n) is 30.2. The maximum atomic E-state index is 14.2. The van der Waals surface area contributed by atoms with Gasteiger partial charge in [-0.05, 0) is 154 Å². The predicted octanol–water partition coefficient (Wildman–Crippen LogP) is 10.7. The van der Waals surface area contributed by atoms with E-state index in [1.165, 1.54) is 35.0 Å². The number of rotatable bonds is 20. The molecule has 454 valence electrons. The number of carbonyl (C=O) groups is 4. The van der Waals surface area contributed by atoms with Gasteiger partial charge < -0.3 is 29.7 Å². The third-order valence-corrected chi connectivity index (χ3v) is 19.2. The van der Waals surface area contributed by atoms with Gasteiger partial charge in [0.05, 0.1) is 27.1 Å². The number of piperidine rings is 2. The maximum Gasteiger partial charge on any atom is 0.293 e. The van der Waals surface area contributed by atoms with Crippen molar-refractivity contribution < 1.29 is 37.3 Å². The molecule has 4 aliphatic heterocycles. The molecule has 0 radical (unpaired) electrons. The Balaban J connectivity index is 0.657. The van der Waals surface area contributed by atoms with Gasteiger partial charge >= 0.3 is 0 Å². The molecular formula is C66H73ClN10O9S. The Morgan fingerprint density at radius 1 is 0.897 bits per heavy atom. The van der Waals surface area contributed by atoms with E-state index in [4.69, 9.17) is 16.3 Å². The summed E-state index contributed by atoms with van der Waals surface area (Å²) in [5.74, 6) is 5.21. The molecule has 11 rings (SSSR count). The number of unbranched alkanes of at least 4 members (excludes halogenated alkanes) is 4. The molecule has 3 saturated heterocycles. The first-order valence-corrected chi connectivity index (χ1v) is 32.1. The molecule has 0 spiro atoms. The second kappa shape index (κ2) is 26.5. The minimum absolute atomic E-state index is 0.0502. The minimum atomic E-state index is -4.62. The smallest absolute Gasteiger partial charge is 0.293 e. The fraction of sp³-hybridized carbons (Fsp3) is 0.409. The number of carbonyl (C=O) groups excluding carboxylic acids is 4. The van der Waals surface area contributed by atoms with E-state index < -0.39 is 43.4 Å². The van der Waals surface area contributed by atoms with Gasteiger partial charge in [-0.2, -0.15) is 0 Å². The van der Waals surface area contributed by atoms with Crippen LogP contribution in [0.25, 0.3) is 16.6 Å². The number of imide groups is 1. The third-order valence-electron chi connectivity index (χ3n) is 17.6. The monoisotopic (exact) mass is 1220 g/mol. The van der Waals surface area contributed by atoms with Crippen LogP contribution in [0.5, 0.6) is 11.5 Å². The van der Waals surface area contributed by atoms with Crippen LogP contribution in [0.3, 0.4) is 0 Å². The zero-order valence-electron chi connectivity index (χ0n) is 49.2. The summed E-state index contributed by atoms with van der Waals surface area (Å²) < 4.78 is 36.5. The van der Waals surface area contributed by atoms with Crippen molar-refractivity contribution in [3.8, 4) is 23.3 Å². The summed E-state index contributed by atoms with van der Waals surface area (Å²) in [6.45, 7) is 12.1. The van der Waals surface area contributed by atoms with Crippen LogP contribution in [0.1, 0.15) is 128 Å². The molecule has 4 aromatic carbocycles. The fourth-order valence-electron chi connectivity index (χ4n) is 12.6. The highest BCUT2D eigenvalue weighted by atomic mass is 35.5. The number of piperazine rings is 1. The number of anilines is 2. The van der Waals surface area contributed by atoms with E-state index in [1.54, 1.807) is 35.4 Å². The van der Waals surface area contributed by atoms with Crippen LogP contribution >= 0.6 is 11.6 Å². The van der Waals surface area contributed by atoms with Gasteiger partial charge in [0.2, 0.25) is 11.8 Å². The Morgan fingerprint density at radius 3 is 2.47 bits per heavy atom. The van der Waals surface area contributed by atoms with Gasteiger partial charge in [-0.1, -0.05) is 80.0 Å². The van der Waals surface area contributed by atoms with Crippen LogP contribution in [-0.2, 0) is 26.2 Å². The lowest BCUT2D eigenvalue weighted by atomic mass is 9.72. The molecule has 5 aliphatic rings. The molecule has 4 N–H and O–H groups in total. The number of allylic oxidation sites excluding steroid dienone is 1. The van der Waals surface area contributed by atoms with Crippen LogP contribution in [0.2, 0.25) is 5.02 Å². The zero-order chi connectivity index (χ0) is 60.8. The first kappa shape index (κ1) is 60.6. The molecule has 2 aromatic heterocycles. The Kier molecular flexibility index (Phi) is 18.4. The van der Waals surface area contributed by atoms with Crippen molar-refractivity contribution in [1.82, 2.24) is 34.7 Å². The zero-order valence-corrected chi connectivity index (χ0v) is 50.7. The molecule has 0 saturated carbocycles. The van der Waals surface area contributed by atoms with Crippen LogP contribution in [-0.4, -0.2) is 127 Å². The first-order chi connectivity index (χ1) is 41.9. The molecule has 1 aliphatic carbocycles. The summed E-state index contributed by atoms with van der Waals surface area (Å²) in [4.78, 5) is 79.3. The lowest BCUT2D eigenvalue weighted by molar-refractivity contribution is -0.384. The van der Waals surface area contributed by atoms with Crippen LogP contribution in [0.4, 0.5) is 17.1 Å². The number of sulfonamides is 1. The number of pyridine rings is 1. The Labute approximate surface area is 512 Å². The van der Waals surface area contributed by atoms with Crippen LogP contribution < -0.4 is 25.0 Å². The predicted molar refractivity (Wildman–Crippen MR) is 335 cm³/mol. The van der Waals surface area contributed by atoms with E-state index in [0.717, 1.165) is 125 Å². The summed E-state index contributed by atoms with van der Waals surface area (Å²) in [5, 5.41) is 19.5. The molecule has 0 bridgehead atoms. The molecular weight excluding hydrogens is 1140 g/mol. The van der Waals surface area contributed by atoms with E-state index in [0.29, 0.717) is 61.5 Å². The van der Waals surface area contributed by atoms with Crippen LogP contribution in [0.15, 0.2) is 114 Å². The number of amides is 4. The molecule has 21 heteroatoms. The molecule has 4 amide bonds. The number of nitrogens with one attached hydrogen (secondary N) is 4. The fourth-order valence-corrected chi connectivity index (χ4v) is 13.8. The van der Waals surface area contributed by atoms with Crippen molar-refractivity contribution in [2.24, 2.45) is 11.3 Å². The highest BCUT2D eigenvalue weighted by molar-refractivity contribution is 7.90. The molecule has 1 atom stereocenters. The lowest BCUT2D eigenvalue weighted by Gasteiger charge is -2.39. The number of hydrogen-bond donors (Lipinski definition) is 4. The molecule has 87 heavy (non-hydrogen) atoms. The largest absolute Gasteiger partial charge is 0.455 e. The number of H-pyrrole nitrogens is 1. The molecule has 19 nitrogen and oxygen atoms in total. The van der Waals surface area contributed by atoms with Crippen molar-refractivity contribution in [3.63, 3.8) is 0 Å². The van der Waals surface area contributed by atoms with Crippen molar-refractivity contribution in [1.29, 1.82) is 0 Å². The van der Waals surface area contributed by atoms with Gasteiger partial charge in [0, 0.05) is 98.6 Å². The minimum Gasteiger partial charge on any atom is -0.455 e. The number of aromatic nitrogens is 2. The van der Waals surface area contributed by atoms with Gasteiger partial charge in [0.15, 0.2) is 0 Å². The Hall–Kier alpha value is -8.09. The summed E-state index contributed by atoms with van der Waals surface area (Å²) >= 11 is 6.27. The normalized spacial score (nSPS) is 18.5. The highest BCUT2D eigenvalue weighted by Crippen LogP contribution is 2.44. The summed E-state index contributed by atoms with van der Waals surface area (Å²) in [6.07, 6.45) is 13.5.